The van der Waals surface area contributed by atoms with E-state index in [1.807, 2.05) is 26.0 Å². The third-order valence-electron chi connectivity index (χ3n) is 1.13. The molecule has 1 aromatic heterocycles. The minimum Gasteiger partial charge on any atom is -0.396 e. The number of aromatic nitrogens is 1. The van der Waals surface area contributed by atoms with Gasteiger partial charge in [-0.1, -0.05) is 13.0 Å². The Labute approximate surface area is 73.3 Å². The lowest BCUT2D eigenvalue weighted by Gasteiger charge is -1.90. The molecule has 0 unspecified atom stereocenters. The summed E-state index contributed by atoms with van der Waals surface area (Å²) < 4.78 is 0. The van der Waals surface area contributed by atoms with Crippen LogP contribution in [-0.4, -0.2) is 16.7 Å². The average Bonchev–Trinajstić information content (AvgIpc) is 2.04. The maximum atomic E-state index is 7.88. The Bertz CT molecular complexity index is 194. The van der Waals surface area contributed by atoms with E-state index in [0.717, 1.165) is 12.1 Å². The van der Waals surface area contributed by atoms with Gasteiger partial charge in [-0.3, -0.25) is 0 Å². The van der Waals surface area contributed by atoms with Crippen LogP contribution in [0.15, 0.2) is 18.2 Å². The third kappa shape index (κ3) is 5.68. The molecule has 0 saturated carbocycles. The molecule has 1 rings (SSSR count). The van der Waals surface area contributed by atoms with Gasteiger partial charge in [-0.2, -0.15) is 0 Å². The number of nitrogens with two attached hydrogens (primary N) is 1. The van der Waals surface area contributed by atoms with Crippen LogP contribution >= 0.6 is 0 Å². The van der Waals surface area contributed by atoms with Gasteiger partial charge in [0.05, 0.1) is 0 Å². The van der Waals surface area contributed by atoms with E-state index in [4.69, 9.17) is 10.8 Å². The summed E-state index contributed by atoms with van der Waals surface area (Å²) in [5, 5.41) is 7.88. The van der Waals surface area contributed by atoms with Crippen molar-refractivity contribution in [1.29, 1.82) is 0 Å². The van der Waals surface area contributed by atoms with Crippen molar-refractivity contribution in [3.8, 4) is 0 Å². The number of aliphatic hydroxyl groups excluding tert-OH is 1. The molecular weight excluding hydrogens is 152 g/mol. The molecule has 0 aliphatic carbocycles. The number of nitrogen functional groups attached to an aromatic ring is 1. The molecule has 0 atom stereocenters. The highest BCUT2D eigenvalue weighted by Crippen LogP contribution is 1.96. The first kappa shape index (κ1) is 10.9. The molecule has 68 valence electrons. The van der Waals surface area contributed by atoms with Crippen molar-refractivity contribution < 1.29 is 5.11 Å². The molecule has 1 aromatic rings. The maximum absolute atomic E-state index is 7.88. The van der Waals surface area contributed by atoms with Crippen LogP contribution in [0.25, 0.3) is 0 Å². The van der Waals surface area contributed by atoms with Crippen LogP contribution in [0.4, 0.5) is 5.82 Å². The van der Waals surface area contributed by atoms with E-state index in [9.17, 15) is 0 Å². The molecule has 0 radical (unpaired) electrons. The molecule has 0 aliphatic rings. The van der Waals surface area contributed by atoms with Gasteiger partial charge in [0.15, 0.2) is 0 Å². The van der Waals surface area contributed by atoms with Gasteiger partial charge in [-0.15, -0.1) is 0 Å². The molecule has 0 amide bonds. The third-order valence-corrected chi connectivity index (χ3v) is 1.13. The smallest absolute Gasteiger partial charge is 0.123 e. The minimum atomic E-state index is 0.319. The molecule has 12 heavy (non-hydrogen) atoms. The van der Waals surface area contributed by atoms with E-state index in [-0.39, 0.29) is 0 Å². The Hall–Kier alpha value is -1.09. The molecular formula is C9H16N2O. The molecule has 3 nitrogen and oxygen atoms in total. The largest absolute Gasteiger partial charge is 0.396 e. The van der Waals surface area contributed by atoms with Crippen molar-refractivity contribution in [2.45, 2.75) is 20.3 Å². The zero-order valence-electron chi connectivity index (χ0n) is 7.62. The zero-order chi connectivity index (χ0) is 9.40. The zero-order valence-corrected chi connectivity index (χ0v) is 7.62. The molecule has 0 fully saturated rings. The lowest BCUT2D eigenvalue weighted by Crippen LogP contribution is -1.89. The highest BCUT2D eigenvalue weighted by atomic mass is 16.2. The van der Waals surface area contributed by atoms with Crippen LogP contribution in [0.1, 0.15) is 19.0 Å². The summed E-state index contributed by atoms with van der Waals surface area (Å²) in [6.45, 7) is 4.16. The van der Waals surface area contributed by atoms with Gasteiger partial charge in [-0.25, -0.2) is 4.98 Å². The number of rotatable bonds is 1. The van der Waals surface area contributed by atoms with Crippen molar-refractivity contribution in [2.24, 2.45) is 0 Å². The number of hydrogen-bond donors (Lipinski definition) is 2. The van der Waals surface area contributed by atoms with Crippen molar-refractivity contribution in [3.63, 3.8) is 0 Å². The number of nitrogens with zero attached hydrogens (tertiary/aromatic N) is 1. The van der Waals surface area contributed by atoms with E-state index in [1.54, 1.807) is 6.07 Å². The van der Waals surface area contributed by atoms with Gasteiger partial charge >= 0.3 is 0 Å². The van der Waals surface area contributed by atoms with Crippen molar-refractivity contribution in [2.75, 3.05) is 12.3 Å². The molecule has 1 heterocycles. The van der Waals surface area contributed by atoms with E-state index in [0.29, 0.717) is 12.4 Å². The lowest BCUT2D eigenvalue weighted by molar-refractivity contribution is 0.295. The second kappa shape index (κ2) is 6.61. The van der Waals surface area contributed by atoms with Crippen molar-refractivity contribution in [1.82, 2.24) is 4.98 Å². The number of anilines is 1. The Kier molecular flexibility index (Phi) is 6.01. The Morgan fingerprint density at radius 1 is 1.50 bits per heavy atom. The SMILES string of the molecule is CCCO.Cc1cccc(N)n1. The number of pyridine rings is 1. The van der Waals surface area contributed by atoms with Gasteiger partial charge < -0.3 is 10.8 Å². The predicted molar refractivity (Wildman–Crippen MR) is 50.8 cm³/mol. The van der Waals surface area contributed by atoms with Gasteiger partial charge in [0, 0.05) is 12.3 Å². The quantitative estimate of drug-likeness (QED) is 0.665. The molecule has 0 bridgehead atoms. The summed E-state index contributed by atoms with van der Waals surface area (Å²) in [5.41, 5.74) is 6.31. The fourth-order valence-corrected chi connectivity index (χ4v) is 0.564. The second-order valence-electron chi connectivity index (χ2n) is 2.43. The van der Waals surface area contributed by atoms with Crippen LogP contribution in [0.5, 0.6) is 0 Å². The Balaban J connectivity index is 0.000000261. The predicted octanol–water partition coefficient (Wildman–Crippen LogP) is 1.36. The summed E-state index contributed by atoms with van der Waals surface area (Å²) in [6, 6.07) is 5.57. The van der Waals surface area contributed by atoms with Crippen molar-refractivity contribution >= 4 is 5.82 Å². The summed E-state index contributed by atoms with van der Waals surface area (Å²) in [4.78, 5) is 3.95. The van der Waals surface area contributed by atoms with Crippen LogP contribution in [-0.2, 0) is 0 Å². The lowest BCUT2D eigenvalue weighted by atomic mass is 10.4. The van der Waals surface area contributed by atoms with Gasteiger partial charge in [0.2, 0.25) is 0 Å². The summed E-state index contributed by atoms with van der Waals surface area (Å²) in [7, 11) is 0. The highest BCUT2D eigenvalue weighted by Gasteiger charge is 1.82. The summed E-state index contributed by atoms with van der Waals surface area (Å²) >= 11 is 0. The van der Waals surface area contributed by atoms with Crippen LogP contribution in [0.2, 0.25) is 0 Å². The normalized spacial score (nSPS) is 8.58. The molecule has 0 spiro atoms. The van der Waals surface area contributed by atoms with Gasteiger partial charge in [0.25, 0.3) is 0 Å². The monoisotopic (exact) mass is 168 g/mol. The fraction of sp³-hybridized carbons (Fsp3) is 0.444. The molecule has 0 saturated heterocycles. The first-order valence-corrected chi connectivity index (χ1v) is 4.00. The standard InChI is InChI=1S/C6H8N2.C3H8O/c1-5-3-2-4-6(7)8-5;1-2-3-4/h2-4H,1H3,(H2,7,8);4H,2-3H2,1H3. The minimum absolute atomic E-state index is 0.319. The van der Waals surface area contributed by atoms with E-state index in [2.05, 4.69) is 4.98 Å². The van der Waals surface area contributed by atoms with E-state index in [1.165, 1.54) is 0 Å². The highest BCUT2D eigenvalue weighted by molar-refractivity contribution is 5.28. The Morgan fingerprint density at radius 3 is 2.33 bits per heavy atom. The fourth-order valence-electron chi connectivity index (χ4n) is 0.564. The van der Waals surface area contributed by atoms with E-state index < -0.39 is 0 Å². The first-order valence-electron chi connectivity index (χ1n) is 4.00. The molecule has 3 N–H and O–H groups in total. The van der Waals surface area contributed by atoms with Crippen LogP contribution in [0, 0.1) is 6.92 Å². The average molecular weight is 168 g/mol. The number of hydrogen-bond acceptors (Lipinski definition) is 3. The van der Waals surface area contributed by atoms with E-state index >= 15 is 0 Å². The summed E-state index contributed by atoms with van der Waals surface area (Å²) in [6.07, 6.45) is 0.875. The van der Waals surface area contributed by atoms with Gasteiger partial charge in [-0.05, 0) is 25.5 Å². The maximum Gasteiger partial charge on any atom is 0.123 e. The molecule has 0 aliphatic heterocycles. The second-order valence-corrected chi connectivity index (χ2v) is 2.43. The molecule has 3 heteroatoms. The van der Waals surface area contributed by atoms with Gasteiger partial charge in [0.1, 0.15) is 5.82 Å². The van der Waals surface area contributed by atoms with Crippen molar-refractivity contribution in [3.05, 3.63) is 23.9 Å². The number of aryl methyl sites for hydroxylation is 1. The first-order chi connectivity index (χ1) is 5.70. The van der Waals surface area contributed by atoms with Crippen LogP contribution in [0.3, 0.4) is 0 Å². The van der Waals surface area contributed by atoms with Crippen LogP contribution < -0.4 is 5.73 Å². The Morgan fingerprint density at radius 2 is 2.08 bits per heavy atom. The summed E-state index contributed by atoms with van der Waals surface area (Å²) in [5.74, 6) is 0.588. The topological polar surface area (TPSA) is 59.1 Å². The molecule has 0 aromatic carbocycles. The number of aliphatic hydroxyl groups is 1.